The van der Waals surface area contributed by atoms with Gasteiger partial charge in [0, 0.05) is 200 Å². The maximum absolute atomic E-state index is 14.1. The van der Waals surface area contributed by atoms with Crippen molar-refractivity contribution in [3.63, 3.8) is 0 Å². The molecule has 29 heteroatoms. The van der Waals surface area contributed by atoms with Crippen LogP contribution in [0.2, 0.25) is 0 Å². The van der Waals surface area contributed by atoms with Gasteiger partial charge in [0.1, 0.15) is 28.7 Å². The van der Waals surface area contributed by atoms with Crippen molar-refractivity contribution in [2.45, 2.75) is 283 Å². The molecule has 5 unspecified atom stereocenters. The molecule has 10 fully saturated rings. The summed E-state index contributed by atoms with van der Waals surface area (Å²) in [7, 11) is 0. The van der Waals surface area contributed by atoms with Crippen molar-refractivity contribution in [1.29, 1.82) is 0 Å². The van der Waals surface area contributed by atoms with Gasteiger partial charge in [0.25, 0.3) is 23.7 Å². The van der Waals surface area contributed by atoms with E-state index >= 15 is 0 Å². The molecule has 0 amide bonds. The molecule has 16 rings (SSSR count). The third kappa shape index (κ3) is 32.2. The summed E-state index contributed by atoms with van der Waals surface area (Å²) in [4.78, 5) is 80.1. The molecule has 8 atom stereocenters. The van der Waals surface area contributed by atoms with Gasteiger partial charge in [-0.05, 0) is 171 Å². The van der Waals surface area contributed by atoms with Gasteiger partial charge in [-0.2, -0.15) is 0 Å². The predicted molar refractivity (Wildman–Crippen MR) is 446 cm³/mol. The molecule has 0 N–H and O–H groups in total. The van der Waals surface area contributed by atoms with Crippen molar-refractivity contribution in [3.8, 4) is 0 Å². The molecule has 4 saturated heterocycles. The van der Waals surface area contributed by atoms with Gasteiger partial charge in [-0.15, -0.1) is 0 Å². The molecule has 4 aliphatic heterocycles. The largest absolute Gasteiger partial charge is 1.00 e. The number of Topliss-reactive ketones (excluding diaryl/α,β-unsaturated/α-hetero) is 5. The Bertz CT molecular complexity index is 3970. The van der Waals surface area contributed by atoms with Gasteiger partial charge in [-0.3, -0.25) is 53.9 Å². The molecule has 0 bridgehead atoms. The third-order valence-electron chi connectivity index (χ3n) is 22.3. The van der Waals surface area contributed by atoms with Crippen molar-refractivity contribution < 1.29 is 123 Å². The molecule has 10 aliphatic rings. The van der Waals surface area contributed by atoms with Crippen LogP contribution in [-0.2, 0) is 57.1 Å². The number of rotatable bonds is 8. The van der Waals surface area contributed by atoms with E-state index in [0.29, 0.717) is 125 Å². The Morgan fingerprint density at radius 3 is 1.21 bits per heavy atom. The van der Waals surface area contributed by atoms with Crippen molar-refractivity contribution >= 4 is 56.4 Å². The number of hydrogen-bond acceptors (Lipinski definition) is 18. The van der Waals surface area contributed by atoms with Crippen molar-refractivity contribution in [2.75, 3.05) is 46.2 Å². The molecular weight excluding hydrogens is 1650 g/mol. The quantitative estimate of drug-likeness (QED) is 0.0597. The molecule has 18 nitrogen and oxygen atoms in total. The number of carbonyl (C=O) groups excluding carboxylic acids is 5. The Balaban J connectivity index is 0.000000692. The Kier molecular flexibility index (Phi) is 46.9. The summed E-state index contributed by atoms with van der Waals surface area (Å²) in [5.74, 6) is -15.6. The van der Waals surface area contributed by atoms with E-state index in [1.807, 2.05) is 31.2 Å². The average molecular weight is 1770 g/mol. The second kappa shape index (κ2) is 51.2. The fourth-order valence-corrected chi connectivity index (χ4v) is 15.9. The van der Waals surface area contributed by atoms with Crippen LogP contribution < -0.4 is 29.6 Å². The summed E-state index contributed by atoms with van der Waals surface area (Å²) in [6.07, 6.45) is 26.8. The van der Waals surface area contributed by atoms with Gasteiger partial charge < -0.3 is 34.6 Å². The summed E-state index contributed by atoms with van der Waals surface area (Å²) in [5, 5.41) is 0. The Hall–Kier alpha value is -6.08. The van der Waals surface area contributed by atoms with Crippen molar-refractivity contribution in [1.82, 2.24) is 29.9 Å². The van der Waals surface area contributed by atoms with Crippen LogP contribution in [0.1, 0.15) is 266 Å². The molecule has 0 radical (unpaired) electrons. The number of allylic oxidation sites excluding steroid dienone is 2. The number of ketones is 5. The summed E-state index contributed by atoms with van der Waals surface area (Å²) >= 11 is 8.76. The molecule has 6 aromatic heterocycles. The van der Waals surface area contributed by atoms with Crippen LogP contribution >= 0.6 is 27.5 Å². The zero-order valence-electron chi connectivity index (χ0n) is 65.6. The summed E-state index contributed by atoms with van der Waals surface area (Å²) in [6, 6.07) is 20.5. The standard InChI is InChI=1S/C15H19F2NO.C15H17F2NO.C13H15F2NO2.C13H15NO3.C11H11F2NO.C8H12O3.C5H4BrN.C4H7ClO.6CH4.Na.H/c2*1-10(11(2)19)13-3-6-15(16,17)14(9-13)12-4-7-18-8-5-12;14-13(15)4-3-12(17-7-8-18-12)9-11(13)10-1-5-16-6-2-10;15-12-1-4-13(16-7-8-17-13)9-11(12)10-2-5-14-6-3-10;12-11(13)4-1-9(15)7-10(11)8-2-5-14-6-3-8;9-7-1-3-8(4-2-7)10-5-6-11-8;6-5-1-3-7-4-2-5;5-4-2-1-3-6-4;;;;;;;;/h4-5,7-8,10,13-14H,3,6,9H2,1-2H3;4-5,7-8,14H,3,6,9H2,1-2H3;1-2,5-6,11H,3-4,7-9H2;2-3,5-6,11H,1,4,7-9H2;2-3,5-6,10H,1,4,7H2;1-6H2;1-4H;4H,1-3H2;6*1H4;;/q;;;;;;;;;;;;;;+1;-1/b;13-10+;;;;;;;;;;;;;;/t10?,13?,14-;14-;;;10-;;;;;;;;;;;/m11..1.........../s1. The number of aromatic nitrogens is 6. The van der Waals surface area contributed by atoms with Crippen LogP contribution in [0.3, 0.4) is 0 Å². The summed E-state index contributed by atoms with van der Waals surface area (Å²) in [6.45, 7) is 11.1. The number of nitrogens with zero attached hydrogens (tertiary/aromatic N) is 6. The molecule has 0 aromatic carbocycles. The van der Waals surface area contributed by atoms with Gasteiger partial charge in [-0.1, -0.05) is 84.6 Å². The normalized spacial score (nSPS) is 25.0. The molecule has 6 saturated carbocycles. The first-order valence-corrected chi connectivity index (χ1v) is 39.6. The van der Waals surface area contributed by atoms with E-state index in [1.165, 1.54) is 31.7 Å². The minimum Gasteiger partial charge on any atom is -1.00 e. The SMILES string of the molecule is Brc1ccncc1.C.C.C.C.C.C.CC(=O)/C(C)=C1\CCC(F)(F)[C@@H](c2ccncc2)C1.CC(=O)C(C)C1CCC(F)(F)[C@@H](c2ccncc2)C1.ClC1CCCO1.FC1(F)CCC2(CC1c1ccncc1)OCCO2.O=C1CCC(F)(F)[C@@H](c2ccncc2)C1.O=C1CCC2(CC1)OCCO2.O=C1CCC2(CC1c1ccncc1)OCCO2.[H-].[Na+]. The number of hydrogen-bond donors (Lipinski definition) is 0. The topological polar surface area (TPSA) is 227 Å². The van der Waals surface area contributed by atoms with Crippen LogP contribution in [0.4, 0.5) is 35.1 Å². The van der Waals surface area contributed by atoms with E-state index in [4.69, 9.17) is 44.8 Å². The van der Waals surface area contributed by atoms with E-state index in [1.54, 1.807) is 112 Å². The number of pyridine rings is 6. The van der Waals surface area contributed by atoms with Crippen LogP contribution in [0.15, 0.2) is 163 Å². The molecule has 6 aromatic rings. The molecular formula is C90H125BrClF8N6NaO12. The Labute approximate surface area is 736 Å². The zero-order valence-corrected chi connectivity index (χ0v) is 69.0. The predicted octanol–water partition coefficient (Wildman–Crippen LogP) is 19.7. The monoisotopic (exact) mass is 1770 g/mol. The first kappa shape index (κ1) is 109. The molecule has 3 spiro atoms. The van der Waals surface area contributed by atoms with Crippen LogP contribution in [0, 0.1) is 11.8 Å². The average Bonchev–Trinajstić information content (AvgIpc) is 1.64. The van der Waals surface area contributed by atoms with E-state index < -0.39 is 58.9 Å². The minimum atomic E-state index is -2.77. The van der Waals surface area contributed by atoms with Gasteiger partial charge >= 0.3 is 29.6 Å². The van der Waals surface area contributed by atoms with Gasteiger partial charge in [0.15, 0.2) is 23.1 Å². The first-order chi connectivity index (χ1) is 53.4. The van der Waals surface area contributed by atoms with Gasteiger partial charge in [0.2, 0.25) is 0 Å². The molecule has 119 heavy (non-hydrogen) atoms. The fraction of sp³-hybridized carbons (Fsp3) is 0.589. The molecule has 658 valence electrons. The van der Waals surface area contributed by atoms with Crippen LogP contribution in [-0.4, -0.2) is 152 Å². The first-order valence-electron chi connectivity index (χ1n) is 38.3. The smallest absolute Gasteiger partial charge is 1.00 e. The van der Waals surface area contributed by atoms with Gasteiger partial charge in [0.05, 0.1) is 57.4 Å². The van der Waals surface area contributed by atoms with E-state index in [0.717, 1.165) is 47.9 Å². The number of ether oxygens (including phenoxy) is 7. The second-order valence-corrected chi connectivity index (χ2v) is 31.1. The van der Waals surface area contributed by atoms with E-state index in [2.05, 4.69) is 45.8 Å². The maximum Gasteiger partial charge on any atom is 1.00 e. The van der Waals surface area contributed by atoms with Crippen molar-refractivity contribution in [2.24, 2.45) is 11.8 Å². The van der Waals surface area contributed by atoms with Crippen LogP contribution in [0.5, 0.6) is 0 Å². The summed E-state index contributed by atoms with van der Waals surface area (Å²) in [5.41, 5.74) is 4.85. The zero-order chi connectivity index (χ0) is 80.6. The van der Waals surface area contributed by atoms with E-state index in [9.17, 15) is 59.1 Å². The maximum atomic E-state index is 14.1. The second-order valence-electron chi connectivity index (χ2n) is 29.7. The third-order valence-corrected chi connectivity index (χ3v) is 23.2. The van der Waals surface area contributed by atoms with Gasteiger partial charge in [-0.25, -0.2) is 35.1 Å². The molecule has 6 aliphatic carbocycles. The minimum absolute atomic E-state index is 0. The number of alkyl halides is 9. The van der Waals surface area contributed by atoms with Crippen molar-refractivity contribution in [3.05, 3.63) is 191 Å². The Morgan fingerprint density at radius 2 is 0.807 bits per heavy atom. The number of carbonyl (C=O) groups is 5. The summed E-state index contributed by atoms with van der Waals surface area (Å²) < 4.78 is 151. The van der Waals surface area contributed by atoms with Crippen LogP contribution in [0.25, 0.3) is 0 Å². The fourth-order valence-electron chi connectivity index (χ4n) is 15.4. The Morgan fingerprint density at radius 1 is 0.437 bits per heavy atom. The molecule has 10 heterocycles. The number of halogens is 10. The van der Waals surface area contributed by atoms with E-state index in [-0.39, 0.29) is 186 Å².